The van der Waals surface area contributed by atoms with E-state index in [0.717, 1.165) is 44.9 Å². The first-order valence-corrected chi connectivity index (χ1v) is 14.6. The molecule has 9 heteroatoms. The number of carboxylic acids is 1. The van der Waals surface area contributed by atoms with Gasteiger partial charge in [-0.05, 0) is 60.4 Å². The maximum absolute atomic E-state index is 13.3. The standard InChI is InChI=1S/C32H29N3O5S/c1-3-9-25-19-28-22(2)18-29(32(37)38)33-31(28)34(25)20-23-14-16-24(17-15-23)27-12-7-8-13-30(27)35(21-36)41(39,40)26-10-5-4-6-11-26/h4-8,10-19,21H,3,9,20H2,1-2H3,(H,37,38). The number of para-hydroxylation sites is 1. The number of nitrogens with zero attached hydrogens (tertiary/aromatic N) is 3. The van der Waals surface area contributed by atoms with Crippen molar-refractivity contribution in [3.63, 3.8) is 0 Å². The molecule has 0 bridgehead atoms. The molecule has 0 aliphatic heterocycles. The fourth-order valence-electron chi connectivity index (χ4n) is 5.01. The Morgan fingerprint density at radius 2 is 1.66 bits per heavy atom. The first kappa shape index (κ1) is 27.8. The Kier molecular flexibility index (Phi) is 7.72. The van der Waals surface area contributed by atoms with Gasteiger partial charge in [-0.3, -0.25) is 4.79 Å². The molecule has 0 radical (unpaired) electrons. The second-order valence-electron chi connectivity index (χ2n) is 9.77. The van der Waals surface area contributed by atoms with Crippen molar-refractivity contribution in [1.29, 1.82) is 0 Å². The summed E-state index contributed by atoms with van der Waals surface area (Å²) in [5.41, 5.74) is 5.12. The van der Waals surface area contributed by atoms with Gasteiger partial charge in [-0.1, -0.05) is 74.0 Å². The number of fused-ring (bicyclic) bond motifs is 1. The molecule has 3 aromatic carbocycles. The van der Waals surface area contributed by atoms with Crippen LogP contribution in [0.5, 0.6) is 0 Å². The van der Waals surface area contributed by atoms with Crippen molar-refractivity contribution in [2.45, 2.75) is 38.1 Å². The average molecular weight is 568 g/mol. The lowest BCUT2D eigenvalue weighted by molar-refractivity contribution is -0.106. The van der Waals surface area contributed by atoms with Gasteiger partial charge in [0.05, 0.1) is 10.6 Å². The number of rotatable bonds is 10. The van der Waals surface area contributed by atoms with Gasteiger partial charge >= 0.3 is 5.97 Å². The number of hydrogen-bond donors (Lipinski definition) is 1. The molecule has 0 atom stereocenters. The monoisotopic (exact) mass is 567 g/mol. The molecule has 0 aliphatic rings. The predicted octanol–water partition coefficient (Wildman–Crippen LogP) is 6.06. The van der Waals surface area contributed by atoms with E-state index in [9.17, 15) is 23.1 Å². The van der Waals surface area contributed by atoms with E-state index in [4.69, 9.17) is 0 Å². The van der Waals surface area contributed by atoms with Crippen molar-refractivity contribution in [2.75, 3.05) is 4.31 Å². The maximum atomic E-state index is 13.3. The molecule has 5 rings (SSSR count). The minimum absolute atomic E-state index is 0.00883. The number of aromatic carboxylic acids is 1. The number of carbonyl (C=O) groups is 2. The molecule has 0 saturated heterocycles. The smallest absolute Gasteiger partial charge is 0.354 e. The van der Waals surface area contributed by atoms with E-state index >= 15 is 0 Å². The zero-order valence-corrected chi connectivity index (χ0v) is 23.5. The fourth-order valence-corrected chi connectivity index (χ4v) is 6.27. The van der Waals surface area contributed by atoms with Crippen molar-refractivity contribution >= 4 is 39.1 Å². The van der Waals surface area contributed by atoms with Crippen LogP contribution in [0.25, 0.3) is 22.2 Å². The summed E-state index contributed by atoms with van der Waals surface area (Å²) in [5.74, 6) is -1.07. The van der Waals surface area contributed by atoms with Crippen LogP contribution in [-0.2, 0) is 27.8 Å². The molecule has 0 aliphatic carbocycles. The molecule has 8 nitrogen and oxygen atoms in total. The molecule has 0 saturated carbocycles. The molecule has 0 fully saturated rings. The average Bonchev–Trinajstić information content (AvgIpc) is 3.32. The van der Waals surface area contributed by atoms with Crippen LogP contribution >= 0.6 is 0 Å². The summed E-state index contributed by atoms with van der Waals surface area (Å²) in [6.07, 6.45) is 2.07. The number of carboxylic acid groups (broad SMARTS) is 1. The van der Waals surface area contributed by atoms with Crippen LogP contribution in [0.1, 0.15) is 40.7 Å². The highest BCUT2D eigenvalue weighted by atomic mass is 32.2. The Morgan fingerprint density at radius 3 is 2.32 bits per heavy atom. The Hall–Kier alpha value is -4.76. The number of pyridine rings is 1. The van der Waals surface area contributed by atoms with Crippen LogP contribution in [-0.4, -0.2) is 35.5 Å². The maximum Gasteiger partial charge on any atom is 0.354 e. The zero-order valence-electron chi connectivity index (χ0n) is 22.7. The summed E-state index contributed by atoms with van der Waals surface area (Å²) in [5, 5.41) is 10.5. The first-order valence-electron chi connectivity index (χ1n) is 13.2. The van der Waals surface area contributed by atoms with Gasteiger partial charge in [0.1, 0.15) is 5.65 Å². The third-order valence-electron chi connectivity index (χ3n) is 7.03. The lowest BCUT2D eigenvalue weighted by Gasteiger charge is -2.21. The van der Waals surface area contributed by atoms with Gasteiger partial charge in [0.2, 0.25) is 6.41 Å². The van der Waals surface area contributed by atoms with Crippen LogP contribution in [0.15, 0.2) is 95.9 Å². The molecule has 1 N–H and O–H groups in total. The van der Waals surface area contributed by atoms with Crippen LogP contribution in [0.2, 0.25) is 0 Å². The molecule has 41 heavy (non-hydrogen) atoms. The first-order chi connectivity index (χ1) is 19.7. The molecule has 2 heterocycles. The second kappa shape index (κ2) is 11.4. The van der Waals surface area contributed by atoms with Crippen molar-refractivity contribution < 1.29 is 23.1 Å². The van der Waals surface area contributed by atoms with Gasteiger partial charge in [-0.15, -0.1) is 0 Å². The van der Waals surface area contributed by atoms with E-state index in [1.165, 1.54) is 12.1 Å². The molecule has 5 aromatic rings. The summed E-state index contributed by atoms with van der Waals surface area (Å²) in [7, 11) is -4.11. The van der Waals surface area contributed by atoms with Crippen LogP contribution in [0, 0.1) is 6.92 Å². The van der Waals surface area contributed by atoms with E-state index < -0.39 is 16.0 Å². The van der Waals surface area contributed by atoms with Gasteiger partial charge in [0.25, 0.3) is 10.0 Å². The summed E-state index contributed by atoms with van der Waals surface area (Å²) >= 11 is 0. The van der Waals surface area contributed by atoms with Crippen LogP contribution in [0.4, 0.5) is 5.69 Å². The van der Waals surface area contributed by atoms with Crippen molar-refractivity contribution in [3.05, 3.63) is 114 Å². The number of aryl methyl sites for hydroxylation is 2. The Labute approximate surface area is 238 Å². The number of carbonyl (C=O) groups excluding carboxylic acids is 1. The number of aromatic nitrogens is 2. The van der Waals surface area contributed by atoms with Gasteiger partial charge in [0, 0.05) is 23.2 Å². The van der Waals surface area contributed by atoms with Crippen LogP contribution in [0.3, 0.4) is 0 Å². The molecule has 0 unspecified atom stereocenters. The Morgan fingerprint density at radius 1 is 0.976 bits per heavy atom. The molecule has 208 valence electrons. The topological polar surface area (TPSA) is 110 Å². The minimum Gasteiger partial charge on any atom is -0.477 e. The van der Waals surface area contributed by atoms with E-state index in [1.807, 2.05) is 31.2 Å². The highest BCUT2D eigenvalue weighted by Gasteiger charge is 2.26. The summed E-state index contributed by atoms with van der Waals surface area (Å²) in [6, 6.07) is 26.1. The summed E-state index contributed by atoms with van der Waals surface area (Å²) in [4.78, 5) is 28.3. The van der Waals surface area contributed by atoms with Crippen LogP contribution < -0.4 is 4.31 Å². The number of hydrogen-bond acceptors (Lipinski definition) is 5. The zero-order chi connectivity index (χ0) is 29.1. The number of anilines is 1. The van der Waals surface area contributed by atoms with E-state index in [1.54, 1.807) is 48.5 Å². The Bertz CT molecular complexity index is 1850. The highest BCUT2D eigenvalue weighted by molar-refractivity contribution is 7.93. The third kappa shape index (κ3) is 5.36. The van der Waals surface area contributed by atoms with Gasteiger partial charge < -0.3 is 9.67 Å². The molecule has 0 spiro atoms. The van der Waals surface area contributed by atoms with E-state index in [0.29, 0.717) is 24.2 Å². The quantitative estimate of drug-likeness (QED) is 0.205. The van der Waals surface area contributed by atoms with E-state index in [2.05, 4.69) is 22.5 Å². The van der Waals surface area contributed by atoms with Crippen molar-refractivity contribution in [3.8, 4) is 11.1 Å². The van der Waals surface area contributed by atoms with E-state index in [-0.39, 0.29) is 16.3 Å². The summed E-state index contributed by atoms with van der Waals surface area (Å²) in [6.45, 7) is 4.47. The molecular formula is C32H29N3O5S. The minimum atomic E-state index is -4.11. The number of benzene rings is 3. The van der Waals surface area contributed by atoms with Gasteiger partial charge in [-0.2, -0.15) is 0 Å². The highest BCUT2D eigenvalue weighted by Crippen LogP contribution is 2.34. The predicted molar refractivity (Wildman–Crippen MR) is 159 cm³/mol. The number of amides is 1. The van der Waals surface area contributed by atoms with Gasteiger partial charge in [0.15, 0.2) is 5.69 Å². The number of sulfonamides is 1. The normalized spacial score (nSPS) is 11.5. The summed E-state index contributed by atoms with van der Waals surface area (Å²) < 4.78 is 29.4. The molecule has 1 amide bonds. The second-order valence-corrected chi connectivity index (χ2v) is 11.6. The third-order valence-corrected chi connectivity index (χ3v) is 8.70. The van der Waals surface area contributed by atoms with Gasteiger partial charge in [-0.25, -0.2) is 22.5 Å². The van der Waals surface area contributed by atoms with Crippen molar-refractivity contribution in [2.24, 2.45) is 0 Å². The molecule has 2 aromatic heterocycles. The lowest BCUT2D eigenvalue weighted by Crippen LogP contribution is -2.30. The van der Waals surface area contributed by atoms with Crippen molar-refractivity contribution in [1.82, 2.24) is 9.55 Å². The largest absolute Gasteiger partial charge is 0.477 e. The SMILES string of the molecule is CCCc1cc2c(C)cc(C(=O)O)nc2n1Cc1ccc(-c2ccccc2N(C=O)S(=O)(=O)c2ccccc2)cc1. The Balaban J connectivity index is 1.52. The lowest BCUT2D eigenvalue weighted by atomic mass is 10.0. The fraction of sp³-hybridized carbons (Fsp3) is 0.156. The molecular weight excluding hydrogens is 538 g/mol.